The Kier molecular flexibility index (Phi) is 30.6. The minimum atomic E-state index is -6.06. The molecule has 0 amide bonds. The molecule has 0 aliphatic heterocycles. The van der Waals surface area contributed by atoms with Gasteiger partial charge in [0.1, 0.15) is 0 Å². The molecule has 0 aromatic heterocycles. The van der Waals surface area contributed by atoms with Crippen LogP contribution in [-0.2, 0) is 10.9 Å². The zero-order valence-electron chi connectivity index (χ0n) is 38.7. The maximum absolute atomic E-state index is 10.4. The van der Waals surface area contributed by atoms with Crippen molar-refractivity contribution < 1.29 is 111 Å². The van der Waals surface area contributed by atoms with Crippen LogP contribution in [0.4, 0.5) is 105 Å². The number of halogens is 24. The molecule has 4 rings (SSSR count). The molecule has 0 heterocycles. The van der Waals surface area contributed by atoms with E-state index in [4.69, 9.17) is 25.7 Å². The van der Waals surface area contributed by atoms with Crippen molar-refractivity contribution in [3.8, 4) is 138 Å². The fraction of sp³-hybridized carbons (Fsp3) is 0.148. The molecule has 0 nitrogen and oxygen atoms in total. The van der Waals surface area contributed by atoms with Gasteiger partial charge in [0.15, 0.2) is 14.7 Å². The van der Waals surface area contributed by atoms with Gasteiger partial charge in [-0.3, -0.25) is 0 Å². The number of rotatable bonds is 3. The van der Waals surface area contributed by atoms with Crippen LogP contribution in [0.5, 0.6) is 0 Å². The summed E-state index contributed by atoms with van der Waals surface area (Å²) < 4.78 is 262. The predicted molar refractivity (Wildman–Crippen MR) is 259 cm³/mol. The van der Waals surface area contributed by atoms with Crippen LogP contribution in [0.3, 0.4) is 0 Å². The first kappa shape index (κ1) is 73.2. The largest absolute Gasteiger partial charge is 0.487 e. The van der Waals surface area contributed by atoms with Gasteiger partial charge in [0.2, 0.25) is 0 Å². The third-order valence-electron chi connectivity index (χ3n) is 7.14. The van der Waals surface area contributed by atoms with E-state index in [1.807, 2.05) is 0 Å². The van der Waals surface area contributed by atoms with E-state index < -0.39 is 64.4 Å². The van der Waals surface area contributed by atoms with E-state index in [0.717, 1.165) is 0 Å². The number of terminal acetylenes is 4. The maximum Gasteiger partial charge on any atom is 0.487 e. The molecule has 0 spiro atoms. The SMILES string of the molecule is C#CC#CC#[C][Ga-]([C]#CC#CC#C)([C]#CC#CC#C)[C]#CC#CC#C.FC(F)(F)C(F)(F)F.FC(F)(F)C(F)(F)F.FC(F)(F)C(F)(F)F.FC(F)(F)C(F)(F)F.[HH].[HH].[HH].[HH].c1ccc([S+](c2ccccc2)c2ccc3ccccc3c2)cc1. The van der Waals surface area contributed by atoms with E-state index in [-0.39, 0.29) is 16.6 Å². The Morgan fingerprint density at radius 3 is 0.750 bits per heavy atom. The second kappa shape index (κ2) is 33.5. The van der Waals surface area contributed by atoms with Crippen LogP contribution in [-0.4, -0.2) is 64.4 Å². The van der Waals surface area contributed by atoms with Crippen LogP contribution in [0, 0.1) is 138 Å². The van der Waals surface area contributed by atoms with Crippen molar-refractivity contribution in [3.05, 3.63) is 103 Å². The smallest absolute Gasteiger partial charge is 0.162 e. The van der Waals surface area contributed by atoms with Crippen molar-refractivity contribution in [2.45, 2.75) is 64.1 Å². The van der Waals surface area contributed by atoms with Crippen molar-refractivity contribution in [2.75, 3.05) is 0 Å². The van der Waals surface area contributed by atoms with Gasteiger partial charge in [0.25, 0.3) is 0 Å². The first-order valence-corrected chi connectivity index (χ1v) is 25.7. The zero-order chi connectivity index (χ0) is 62.1. The van der Waals surface area contributed by atoms with Gasteiger partial charge in [-0.25, -0.2) is 0 Å². The average molecular weight is 1240 g/mol. The molecule has 0 atom stereocenters. The molecule has 0 unspecified atom stereocenters. The Balaban J connectivity index is -0.000000234. The van der Waals surface area contributed by atoms with E-state index in [9.17, 15) is 105 Å². The monoisotopic (exact) mass is 1230 g/mol. The molecule has 0 saturated heterocycles. The van der Waals surface area contributed by atoms with Crippen molar-refractivity contribution in [1.82, 2.24) is 0 Å². The van der Waals surface area contributed by atoms with Crippen molar-refractivity contribution >= 4 is 36.7 Å². The van der Waals surface area contributed by atoms with Crippen molar-refractivity contribution in [2.24, 2.45) is 0 Å². The Hall–Kier alpha value is -8.83. The summed E-state index contributed by atoms with van der Waals surface area (Å²) in [4.78, 5) is 4.07. The fourth-order valence-electron chi connectivity index (χ4n) is 3.88. The van der Waals surface area contributed by atoms with Gasteiger partial charge in [-0.05, 0) is 47.2 Å². The predicted octanol–water partition coefficient (Wildman–Crippen LogP) is 15.5. The molecule has 0 aliphatic carbocycles. The Morgan fingerprint density at radius 2 is 0.512 bits per heavy atom. The van der Waals surface area contributed by atoms with Gasteiger partial charge in [-0.2, -0.15) is 105 Å². The summed E-state index contributed by atoms with van der Waals surface area (Å²) in [5, 5.41) is 2.59. The number of alkyl halides is 24. The van der Waals surface area contributed by atoms with Gasteiger partial charge >= 0.3 is 203 Å². The third-order valence-corrected chi connectivity index (χ3v) is 14.2. The minimum absolute atomic E-state index is 0. The van der Waals surface area contributed by atoms with Gasteiger partial charge in [0.05, 0.1) is 10.9 Å². The first-order chi connectivity index (χ1) is 36.7. The van der Waals surface area contributed by atoms with Crippen molar-refractivity contribution in [1.29, 1.82) is 0 Å². The Morgan fingerprint density at radius 1 is 0.275 bits per heavy atom. The number of hydrogen-bond donors (Lipinski definition) is 0. The molecule has 422 valence electrons. The van der Waals surface area contributed by atoms with Crippen molar-refractivity contribution in [3.63, 3.8) is 0 Å². The van der Waals surface area contributed by atoms with Crippen LogP contribution in [0.2, 0.25) is 0 Å². The maximum atomic E-state index is 10.4. The number of benzene rings is 4. The van der Waals surface area contributed by atoms with Crippen LogP contribution >= 0.6 is 0 Å². The fourth-order valence-corrected chi connectivity index (χ4v) is 9.33. The molecule has 0 saturated carbocycles. The standard InChI is InChI=1S/C22H17S.4C6H.4C2F6.Ga.4H2/c1-3-11-20(12-4-1)23(21-13-5-2-6-14-21)22-16-15-18-9-7-8-10-19(18)17-22;4*1-3-5-6-4-2;4*3-1(4,5)2(6,7)8;;;;;/h1-17H;4*1H;;;;;;4*1H/q+1;;;;;;;;;-1;;;;. The quantitative estimate of drug-likeness (QED) is 0.0830. The molecular weight excluding hydrogens is 1210 g/mol. The molecule has 0 radical (unpaired) electrons. The zero-order valence-corrected chi connectivity index (χ0v) is 41.9. The summed E-state index contributed by atoms with van der Waals surface area (Å²) in [6.45, 7) is 0. The topological polar surface area (TPSA) is 0 Å². The van der Waals surface area contributed by atoms with Crippen LogP contribution < -0.4 is 0 Å². The van der Waals surface area contributed by atoms with Crippen LogP contribution in [0.15, 0.2) is 118 Å². The Labute approximate surface area is 452 Å². The molecule has 4 aromatic rings. The van der Waals surface area contributed by atoms with Gasteiger partial charge in [0, 0.05) is 11.8 Å². The molecule has 26 heteroatoms. The van der Waals surface area contributed by atoms with Crippen LogP contribution in [0.1, 0.15) is 5.71 Å². The minimum Gasteiger partial charge on any atom is -0.162 e. The van der Waals surface area contributed by atoms with Crippen LogP contribution in [0.25, 0.3) is 10.8 Å². The third kappa shape index (κ3) is 30.2. The van der Waals surface area contributed by atoms with Gasteiger partial charge < -0.3 is 0 Å². The molecule has 0 aliphatic rings. The molecule has 80 heavy (non-hydrogen) atoms. The second-order valence-electron chi connectivity index (χ2n) is 12.9. The first-order valence-electron chi connectivity index (χ1n) is 19.6. The average Bonchev–Trinajstić information content (AvgIpc) is 3.34. The van der Waals surface area contributed by atoms with E-state index in [0.29, 0.717) is 0 Å². The molecule has 0 N–H and O–H groups in total. The van der Waals surface area contributed by atoms with E-state index in [1.54, 1.807) is 0 Å². The summed E-state index contributed by atoms with van der Waals surface area (Å²) in [5.74, 6) is 38.5. The Bertz CT molecular complexity index is 2990. The molecule has 0 bridgehead atoms. The van der Waals surface area contributed by atoms with E-state index >= 15 is 0 Å². The second-order valence-corrected chi connectivity index (χ2v) is 21.0. The molecule has 4 aromatic carbocycles. The van der Waals surface area contributed by atoms with Gasteiger partial charge in [-0.1, -0.05) is 60.7 Å². The van der Waals surface area contributed by atoms with E-state index in [1.165, 1.54) is 25.5 Å². The van der Waals surface area contributed by atoms with Gasteiger partial charge in [-0.15, -0.1) is 0 Å². The summed E-state index contributed by atoms with van der Waals surface area (Å²) >= 11 is -3.91. The molecular formula is C54H29F24GaS. The summed E-state index contributed by atoms with van der Waals surface area (Å²) in [7, 11) is -0.0707. The summed E-state index contributed by atoms with van der Waals surface area (Å²) in [6.07, 6.45) is -28.3. The van der Waals surface area contributed by atoms with E-state index in [2.05, 4.69) is 216 Å². The molecule has 0 fully saturated rings. The summed E-state index contributed by atoms with van der Waals surface area (Å²) in [5.41, 5.74) is 0. The number of hydrogen-bond acceptors (Lipinski definition) is 0. The number of fused-ring (bicyclic) bond motifs is 1. The summed E-state index contributed by atoms with van der Waals surface area (Å²) in [6, 6.07) is 37.0. The normalized spacial score (nSPS) is 10.5.